The number of hydrogen-bond acceptors (Lipinski definition) is 3. The highest BCUT2D eigenvalue weighted by atomic mass is 32.2. The van der Waals surface area contributed by atoms with Crippen LogP contribution >= 0.6 is 0 Å². The molecule has 0 N–H and O–H groups in total. The zero-order valence-electron chi connectivity index (χ0n) is 15.6. The predicted molar refractivity (Wildman–Crippen MR) is 112 cm³/mol. The lowest BCUT2D eigenvalue weighted by molar-refractivity contribution is 0.250. The van der Waals surface area contributed by atoms with Gasteiger partial charge in [0.05, 0.1) is 4.90 Å². The SMILES string of the molecule is O=S(=O)(c1ccc2oc3ccccc3c2c1)N1CCC(C2C=CCC=C2)CC1. The van der Waals surface area contributed by atoms with Gasteiger partial charge in [-0.1, -0.05) is 42.5 Å². The lowest BCUT2D eigenvalue weighted by Gasteiger charge is -2.34. The highest BCUT2D eigenvalue weighted by Gasteiger charge is 2.31. The molecule has 0 spiro atoms. The van der Waals surface area contributed by atoms with E-state index in [2.05, 4.69) is 24.3 Å². The Morgan fingerprint density at radius 2 is 1.61 bits per heavy atom. The molecule has 2 heterocycles. The Hall–Kier alpha value is -2.37. The van der Waals surface area contributed by atoms with Crippen LogP contribution in [0, 0.1) is 11.8 Å². The summed E-state index contributed by atoms with van der Waals surface area (Å²) >= 11 is 0. The summed E-state index contributed by atoms with van der Waals surface area (Å²) in [5, 5.41) is 1.80. The third-order valence-electron chi connectivity index (χ3n) is 6.02. The summed E-state index contributed by atoms with van der Waals surface area (Å²) in [4.78, 5) is 0.350. The minimum Gasteiger partial charge on any atom is -0.456 e. The molecule has 0 bridgehead atoms. The first kappa shape index (κ1) is 17.7. The van der Waals surface area contributed by atoms with E-state index in [-0.39, 0.29) is 0 Å². The molecule has 5 rings (SSSR count). The van der Waals surface area contributed by atoms with Gasteiger partial charge in [0.15, 0.2) is 0 Å². The fourth-order valence-electron chi connectivity index (χ4n) is 4.44. The normalized spacial score (nSPS) is 19.7. The zero-order valence-corrected chi connectivity index (χ0v) is 16.4. The maximum Gasteiger partial charge on any atom is 0.243 e. The van der Waals surface area contributed by atoms with Gasteiger partial charge in [-0.05, 0) is 55.4 Å². The Labute approximate surface area is 165 Å². The van der Waals surface area contributed by atoms with Crippen LogP contribution in [0.25, 0.3) is 21.9 Å². The first-order valence-electron chi connectivity index (χ1n) is 9.88. The van der Waals surface area contributed by atoms with E-state index in [9.17, 15) is 8.42 Å². The first-order valence-corrected chi connectivity index (χ1v) is 11.3. The molecular weight excluding hydrogens is 370 g/mol. The standard InChI is InChI=1S/C23H23NO3S/c25-28(26,24-14-12-18(13-15-24)17-6-2-1-3-7-17)19-10-11-23-21(16-19)20-8-4-5-9-22(20)27-23/h2-11,16-18H,1,12-15H2. The molecular formula is C23H23NO3S. The summed E-state index contributed by atoms with van der Waals surface area (Å²) in [6.45, 7) is 1.16. The van der Waals surface area contributed by atoms with Gasteiger partial charge >= 0.3 is 0 Å². The second kappa shape index (κ2) is 6.90. The van der Waals surface area contributed by atoms with Gasteiger partial charge in [0.25, 0.3) is 0 Å². The van der Waals surface area contributed by atoms with Crippen molar-refractivity contribution in [2.24, 2.45) is 11.8 Å². The zero-order chi connectivity index (χ0) is 19.1. The van der Waals surface area contributed by atoms with E-state index in [1.165, 1.54) is 0 Å². The molecule has 0 radical (unpaired) electrons. The quantitative estimate of drug-likeness (QED) is 0.581. The molecule has 0 amide bonds. The van der Waals surface area contributed by atoms with Crippen molar-refractivity contribution in [1.82, 2.24) is 4.31 Å². The predicted octanol–water partition coefficient (Wildman–Crippen LogP) is 5.12. The van der Waals surface area contributed by atoms with Crippen molar-refractivity contribution in [2.75, 3.05) is 13.1 Å². The number of furan rings is 1. The highest BCUT2D eigenvalue weighted by molar-refractivity contribution is 7.89. The van der Waals surface area contributed by atoms with Crippen LogP contribution in [0.1, 0.15) is 19.3 Å². The van der Waals surface area contributed by atoms with E-state index < -0.39 is 10.0 Å². The molecule has 0 atom stereocenters. The number of rotatable bonds is 3. The second-order valence-electron chi connectivity index (χ2n) is 7.67. The Morgan fingerprint density at radius 3 is 2.39 bits per heavy atom. The van der Waals surface area contributed by atoms with Crippen LogP contribution in [0.5, 0.6) is 0 Å². The number of hydrogen-bond donors (Lipinski definition) is 0. The molecule has 144 valence electrons. The van der Waals surface area contributed by atoms with E-state index in [0.717, 1.165) is 41.2 Å². The van der Waals surface area contributed by atoms with Crippen molar-refractivity contribution in [3.63, 3.8) is 0 Å². The Balaban J connectivity index is 1.41. The smallest absolute Gasteiger partial charge is 0.243 e. The molecule has 1 aliphatic carbocycles. The number of allylic oxidation sites excluding steroid dienone is 4. The van der Waals surface area contributed by atoms with Gasteiger partial charge in [0.2, 0.25) is 10.0 Å². The topological polar surface area (TPSA) is 50.5 Å². The second-order valence-corrected chi connectivity index (χ2v) is 9.60. The van der Waals surface area contributed by atoms with E-state index in [4.69, 9.17) is 4.42 Å². The third-order valence-corrected chi connectivity index (χ3v) is 7.91. The fraction of sp³-hybridized carbons (Fsp3) is 0.304. The summed E-state index contributed by atoms with van der Waals surface area (Å²) in [7, 11) is -3.50. The molecule has 1 saturated heterocycles. The summed E-state index contributed by atoms with van der Waals surface area (Å²) in [5.41, 5.74) is 1.50. The van der Waals surface area contributed by atoms with Crippen LogP contribution in [0.3, 0.4) is 0 Å². The molecule has 1 aromatic heterocycles. The van der Waals surface area contributed by atoms with Crippen LogP contribution in [-0.2, 0) is 10.0 Å². The van der Waals surface area contributed by atoms with Crippen molar-refractivity contribution in [1.29, 1.82) is 0 Å². The lowest BCUT2D eigenvalue weighted by Crippen LogP contribution is -2.39. The average Bonchev–Trinajstić information content (AvgIpc) is 3.12. The van der Waals surface area contributed by atoms with Gasteiger partial charge in [0.1, 0.15) is 11.2 Å². The minimum atomic E-state index is -3.50. The number of nitrogens with zero attached hydrogens (tertiary/aromatic N) is 1. The molecule has 5 heteroatoms. The number of sulfonamides is 1. The van der Waals surface area contributed by atoms with Crippen LogP contribution in [0.2, 0.25) is 0 Å². The third kappa shape index (κ3) is 2.99. The largest absolute Gasteiger partial charge is 0.456 e. The Morgan fingerprint density at radius 1 is 0.893 bits per heavy atom. The Bertz CT molecular complexity index is 1170. The van der Waals surface area contributed by atoms with Gasteiger partial charge in [0, 0.05) is 23.9 Å². The summed E-state index contributed by atoms with van der Waals surface area (Å²) in [6.07, 6.45) is 11.8. The summed E-state index contributed by atoms with van der Waals surface area (Å²) in [5.74, 6) is 0.979. The number of fused-ring (bicyclic) bond motifs is 3. The monoisotopic (exact) mass is 393 g/mol. The fourth-order valence-corrected chi connectivity index (χ4v) is 5.94. The lowest BCUT2D eigenvalue weighted by atomic mass is 9.83. The average molecular weight is 394 g/mol. The van der Waals surface area contributed by atoms with Crippen molar-refractivity contribution in [2.45, 2.75) is 24.2 Å². The van der Waals surface area contributed by atoms with E-state index >= 15 is 0 Å². The van der Waals surface area contributed by atoms with Crippen molar-refractivity contribution >= 4 is 32.0 Å². The van der Waals surface area contributed by atoms with Gasteiger partial charge in [-0.15, -0.1) is 0 Å². The number of piperidine rings is 1. The number of para-hydroxylation sites is 1. The molecule has 4 nitrogen and oxygen atoms in total. The molecule has 2 aromatic carbocycles. The first-order chi connectivity index (χ1) is 13.6. The van der Waals surface area contributed by atoms with Crippen molar-refractivity contribution in [3.05, 3.63) is 66.8 Å². The van der Waals surface area contributed by atoms with Crippen LogP contribution in [-0.4, -0.2) is 25.8 Å². The van der Waals surface area contributed by atoms with Gasteiger partial charge in [-0.3, -0.25) is 0 Å². The van der Waals surface area contributed by atoms with E-state index in [0.29, 0.717) is 29.8 Å². The van der Waals surface area contributed by atoms with Crippen molar-refractivity contribution < 1.29 is 12.8 Å². The highest BCUT2D eigenvalue weighted by Crippen LogP contribution is 2.34. The van der Waals surface area contributed by atoms with Gasteiger partial charge in [-0.25, -0.2) is 8.42 Å². The molecule has 3 aromatic rings. The summed E-state index contributed by atoms with van der Waals surface area (Å²) < 4.78 is 33.9. The maximum absolute atomic E-state index is 13.2. The minimum absolute atomic E-state index is 0.350. The van der Waals surface area contributed by atoms with Crippen molar-refractivity contribution in [3.8, 4) is 0 Å². The number of benzene rings is 2. The van der Waals surface area contributed by atoms with E-state index in [1.807, 2.05) is 24.3 Å². The maximum atomic E-state index is 13.2. The molecule has 0 saturated carbocycles. The van der Waals surface area contributed by atoms with Gasteiger partial charge in [-0.2, -0.15) is 4.31 Å². The van der Waals surface area contributed by atoms with Crippen LogP contribution in [0.4, 0.5) is 0 Å². The molecule has 1 fully saturated rings. The summed E-state index contributed by atoms with van der Waals surface area (Å²) in [6, 6.07) is 12.9. The molecule has 28 heavy (non-hydrogen) atoms. The van der Waals surface area contributed by atoms with E-state index in [1.54, 1.807) is 22.5 Å². The Kier molecular flexibility index (Phi) is 4.37. The molecule has 0 unspecified atom stereocenters. The molecule has 2 aliphatic rings. The van der Waals surface area contributed by atoms with Crippen LogP contribution in [0.15, 0.2) is 76.1 Å². The van der Waals surface area contributed by atoms with Crippen LogP contribution < -0.4 is 0 Å². The molecule has 1 aliphatic heterocycles. The van der Waals surface area contributed by atoms with Gasteiger partial charge < -0.3 is 4.42 Å².